The van der Waals surface area contributed by atoms with Gasteiger partial charge in [-0.25, -0.2) is 4.79 Å². The molecule has 0 atom stereocenters. The number of carbonyl (C=O) groups is 2. The molecule has 7 heteroatoms. The number of benzene rings is 7. The Kier molecular flexibility index (Phi) is 7.36. The highest BCUT2D eigenvalue weighted by Gasteiger charge is 2.50. The summed E-state index contributed by atoms with van der Waals surface area (Å²) in [6, 6.07) is 45.5. The van der Waals surface area contributed by atoms with Crippen LogP contribution in [-0.4, -0.2) is 31.0 Å². The first-order chi connectivity index (χ1) is 28.3. The smallest absolute Gasteiger partial charge is 0.335 e. The summed E-state index contributed by atoms with van der Waals surface area (Å²) in [7, 11) is 0. The molecule has 0 amide bonds. The van der Waals surface area contributed by atoms with Gasteiger partial charge in [-0.15, -0.1) is 0 Å². The van der Waals surface area contributed by atoms with Gasteiger partial charge in [0.15, 0.2) is 0 Å². The van der Waals surface area contributed by atoms with Gasteiger partial charge in [-0.3, -0.25) is 4.79 Å². The van der Waals surface area contributed by atoms with Gasteiger partial charge in [0.25, 0.3) is 6.47 Å². The summed E-state index contributed by atoms with van der Waals surface area (Å²) in [5, 5.41) is 9.75. The van der Waals surface area contributed by atoms with E-state index in [0.717, 1.165) is 22.3 Å². The van der Waals surface area contributed by atoms with Crippen LogP contribution < -0.4 is 42.4 Å². The lowest BCUT2D eigenvalue weighted by Crippen LogP contribution is -2.62. The maximum Gasteiger partial charge on any atom is 0.335 e. The van der Waals surface area contributed by atoms with Gasteiger partial charge in [-0.1, -0.05) is 143 Å². The van der Waals surface area contributed by atoms with Gasteiger partial charge in [0.2, 0.25) is 13.4 Å². The van der Waals surface area contributed by atoms with Crippen molar-refractivity contribution in [2.24, 2.45) is 0 Å². The number of nitrogens with zero attached hydrogens (tertiary/aromatic N) is 1. The van der Waals surface area contributed by atoms with Crippen LogP contribution in [0, 0.1) is 0 Å². The van der Waals surface area contributed by atoms with Gasteiger partial charge in [-0.05, 0) is 125 Å². The third kappa shape index (κ3) is 5.00. The van der Waals surface area contributed by atoms with Crippen LogP contribution in [0.1, 0.15) is 63.0 Å². The summed E-state index contributed by atoms with van der Waals surface area (Å²) in [5.41, 5.74) is 23.6. The second-order valence-corrected chi connectivity index (χ2v) is 18.6. The molecule has 59 heavy (non-hydrogen) atoms. The van der Waals surface area contributed by atoms with E-state index < -0.39 is 5.97 Å². The Bertz CT molecular complexity index is 2990. The molecule has 0 fully saturated rings. The van der Waals surface area contributed by atoms with Gasteiger partial charge >= 0.3 is 5.97 Å². The SMILES string of the molecule is CC(C)(C)c1ccc2c(c1)-c1c(-c3ccc(OC=O)cc3)ccc3c1B2c1cccc2c1N3c1ccc(-c3ccc(C(=O)O)cc3)c3c1B2c1ccc(C(C)(C)C)cc1-3. The molecular weight excluding hydrogens is 724 g/mol. The Labute approximate surface area is 345 Å². The first-order valence-corrected chi connectivity index (χ1v) is 20.4. The zero-order chi connectivity index (χ0) is 40.7. The van der Waals surface area contributed by atoms with Crippen LogP contribution in [0.3, 0.4) is 0 Å². The van der Waals surface area contributed by atoms with Crippen LogP contribution in [0.4, 0.5) is 17.1 Å². The number of carboxylic acids is 1. The predicted molar refractivity (Wildman–Crippen MR) is 243 cm³/mol. The van der Waals surface area contributed by atoms with Gasteiger partial charge < -0.3 is 14.7 Å². The van der Waals surface area contributed by atoms with Gasteiger partial charge in [0.05, 0.1) is 5.56 Å². The molecule has 11 rings (SSSR count). The van der Waals surface area contributed by atoms with Gasteiger partial charge in [0.1, 0.15) is 5.75 Å². The maximum atomic E-state index is 11.9. The average molecular weight is 766 g/mol. The van der Waals surface area contributed by atoms with Crippen molar-refractivity contribution in [1.29, 1.82) is 0 Å². The number of hydrogen-bond acceptors (Lipinski definition) is 4. The molecule has 7 aromatic carbocycles. The van der Waals surface area contributed by atoms with Crippen molar-refractivity contribution in [1.82, 2.24) is 0 Å². The van der Waals surface area contributed by atoms with Crippen molar-refractivity contribution in [3.8, 4) is 50.3 Å². The molecule has 0 aromatic heterocycles. The molecule has 5 nitrogen and oxygen atoms in total. The summed E-state index contributed by atoms with van der Waals surface area (Å²) in [6.07, 6.45) is 0. The monoisotopic (exact) mass is 765 g/mol. The molecule has 0 radical (unpaired) electrons. The fourth-order valence-corrected chi connectivity index (χ4v) is 10.4. The first-order valence-electron chi connectivity index (χ1n) is 20.4. The molecule has 0 saturated heterocycles. The van der Waals surface area contributed by atoms with Crippen LogP contribution in [0.5, 0.6) is 5.75 Å². The van der Waals surface area contributed by atoms with E-state index in [1.165, 1.54) is 83.2 Å². The topological polar surface area (TPSA) is 66.8 Å². The zero-order valence-electron chi connectivity index (χ0n) is 34.0. The molecule has 0 unspecified atom stereocenters. The van der Waals surface area contributed by atoms with Crippen LogP contribution in [0.2, 0.25) is 0 Å². The van der Waals surface area contributed by atoms with Crippen molar-refractivity contribution in [2.75, 3.05) is 4.90 Å². The summed E-state index contributed by atoms with van der Waals surface area (Å²) >= 11 is 0. The number of ether oxygens (including phenoxy) is 1. The molecule has 7 aromatic rings. The highest BCUT2D eigenvalue weighted by Crippen LogP contribution is 2.48. The van der Waals surface area contributed by atoms with E-state index in [0.29, 0.717) is 12.2 Å². The van der Waals surface area contributed by atoms with Crippen molar-refractivity contribution >= 4 is 75.7 Å². The lowest BCUT2D eigenvalue weighted by molar-refractivity contribution is -0.120. The molecule has 0 aliphatic carbocycles. The fraction of sp³-hybridized carbons (Fsp3) is 0.154. The average Bonchev–Trinajstić information content (AvgIpc) is 3.75. The largest absolute Gasteiger partial charge is 0.478 e. The third-order valence-corrected chi connectivity index (χ3v) is 13.2. The molecule has 0 saturated carbocycles. The molecule has 4 aliphatic heterocycles. The Morgan fingerprint density at radius 2 is 1.05 bits per heavy atom. The lowest BCUT2D eigenvalue weighted by Gasteiger charge is -2.43. The van der Waals surface area contributed by atoms with E-state index in [1.54, 1.807) is 12.1 Å². The number of aromatic carboxylic acids is 1. The quantitative estimate of drug-likeness (QED) is 0.143. The summed E-state index contributed by atoms with van der Waals surface area (Å²) < 4.78 is 5.19. The molecule has 4 heterocycles. The van der Waals surface area contributed by atoms with Crippen LogP contribution in [0.25, 0.3) is 44.5 Å². The minimum absolute atomic E-state index is 0.0324. The normalized spacial score (nSPS) is 13.7. The second kappa shape index (κ2) is 12.2. The van der Waals surface area contributed by atoms with Crippen molar-refractivity contribution in [3.05, 3.63) is 144 Å². The molecule has 0 spiro atoms. The van der Waals surface area contributed by atoms with E-state index in [4.69, 9.17) is 4.74 Å². The Balaban J connectivity index is 1.21. The molecule has 0 bridgehead atoms. The predicted octanol–water partition coefficient (Wildman–Crippen LogP) is 7.94. The van der Waals surface area contributed by atoms with E-state index >= 15 is 0 Å². The van der Waals surface area contributed by atoms with E-state index in [9.17, 15) is 14.7 Å². The Hall–Kier alpha value is -6.59. The second-order valence-electron chi connectivity index (χ2n) is 18.6. The van der Waals surface area contributed by atoms with Crippen molar-refractivity contribution in [3.63, 3.8) is 0 Å². The number of fused-ring (bicyclic) bond motifs is 10. The Morgan fingerprint density at radius 1 is 0.576 bits per heavy atom. The number of hydrogen-bond donors (Lipinski definition) is 1. The molecular formula is C52H41B2NO4. The van der Waals surface area contributed by atoms with Gasteiger partial charge in [-0.2, -0.15) is 0 Å². The highest BCUT2D eigenvalue weighted by atomic mass is 16.5. The van der Waals surface area contributed by atoms with Gasteiger partial charge in [0, 0.05) is 17.1 Å². The number of carbonyl (C=O) groups excluding carboxylic acids is 1. The first kappa shape index (κ1) is 35.6. The van der Waals surface area contributed by atoms with E-state index in [1.807, 2.05) is 24.3 Å². The Morgan fingerprint density at radius 3 is 1.49 bits per heavy atom. The number of rotatable bonds is 5. The van der Waals surface area contributed by atoms with E-state index in [-0.39, 0.29) is 29.8 Å². The maximum absolute atomic E-state index is 11.9. The molecule has 4 aliphatic rings. The summed E-state index contributed by atoms with van der Waals surface area (Å²) in [5.74, 6) is -0.414. The number of carboxylic acid groups (broad SMARTS) is 1. The van der Waals surface area contributed by atoms with Crippen molar-refractivity contribution in [2.45, 2.75) is 52.4 Å². The highest BCUT2D eigenvalue weighted by molar-refractivity contribution is 7.05. The van der Waals surface area contributed by atoms with Crippen molar-refractivity contribution < 1.29 is 19.4 Å². The molecule has 1 N–H and O–H groups in total. The summed E-state index contributed by atoms with van der Waals surface area (Å²) in [4.78, 5) is 25.6. The standard InChI is InChI=1S/C52H41B2NO4/c1-51(2,3)32-16-22-39-37(26-32)45-35(29-10-12-31(13-11-29)50(57)58)20-24-43-47(45)53(39)41-8-7-9-42-49(41)55(43)44-25-21-36(30-14-18-34(19-15-30)59-28-56)46-38-27-33(52(4,5)6)17-23-40(38)54(42)48(44)46/h7-28H,1-6H3,(H,57,58). The van der Waals surface area contributed by atoms with Crippen LogP contribution in [-0.2, 0) is 15.6 Å². The minimum atomic E-state index is -0.929. The van der Waals surface area contributed by atoms with Crippen LogP contribution >= 0.6 is 0 Å². The zero-order valence-corrected chi connectivity index (χ0v) is 34.0. The number of para-hydroxylation sites is 1. The van der Waals surface area contributed by atoms with Crippen LogP contribution in [0.15, 0.2) is 127 Å². The third-order valence-electron chi connectivity index (χ3n) is 13.2. The summed E-state index contributed by atoms with van der Waals surface area (Å²) in [6.45, 7) is 14.2. The minimum Gasteiger partial charge on any atom is -0.478 e. The lowest BCUT2D eigenvalue weighted by atomic mass is 9.32. The van der Waals surface area contributed by atoms with E-state index in [2.05, 4.69) is 137 Å². The molecule has 284 valence electrons. The fourth-order valence-electron chi connectivity index (χ4n) is 10.4. The number of anilines is 3.